The zero-order chi connectivity index (χ0) is 25.8. The van der Waals surface area contributed by atoms with Crippen LogP contribution in [-0.4, -0.2) is 34.5 Å². The molecule has 1 fully saturated rings. The molecule has 0 atom stereocenters. The van der Waals surface area contributed by atoms with Crippen LogP contribution >= 0.6 is 0 Å². The van der Waals surface area contributed by atoms with Crippen LogP contribution in [0.15, 0.2) is 54.7 Å². The first-order valence-corrected chi connectivity index (χ1v) is 12.4. The van der Waals surface area contributed by atoms with Crippen molar-refractivity contribution < 1.29 is 19.0 Å². The zero-order valence-corrected chi connectivity index (χ0v) is 20.9. The van der Waals surface area contributed by atoms with E-state index >= 15 is 0 Å². The average Bonchev–Trinajstić information content (AvgIpc) is 3.23. The minimum absolute atomic E-state index is 0.149. The summed E-state index contributed by atoms with van der Waals surface area (Å²) >= 11 is 0. The summed E-state index contributed by atoms with van der Waals surface area (Å²) in [5.74, 6) is 1.03. The van der Waals surface area contributed by atoms with E-state index in [2.05, 4.69) is 26.6 Å². The van der Waals surface area contributed by atoms with Crippen LogP contribution in [-0.2, 0) is 22.6 Å². The Labute approximate surface area is 215 Å². The third-order valence-corrected chi connectivity index (χ3v) is 6.69. The van der Waals surface area contributed by atoms with Gasteiger partial charge in [-0.05, 0) is 56.0 Å². The maximum atomic E-state index is 12.1. The molecule has 1 aliphatic carbocycles. The Morgan fingerprint density at radius 2 is 2.03 bits per heavy atom. The normalized spacial score (nSPS) is 13.1. The fraction of sp³-hybridized carbons (Fsp3) is 0.310. The zero-order valence-electron chi connectivity index (χ0n) is 20.9. The number of pyridine rings is 1. The molecule has 0 radical (unpaired) electrons. The van der Waals surface area contributed by atoms with Crippen molar-refractivity contribution in [3.05, 3.63) is 77.4 Å². The summed E-state index contributed by atoms with van der Waals surface area (Å²) in [6, 6.07) is 15.9. The number of ether oxygens (including phenoxy) is 3. The Balaban J connectivity index is 1.51. The summed E-state index contributed by atoms with van der Waals surface area (Å²) < 4.78 is 19.0. The van der Waals surface area contributed by atoms with Gasteiger partial charge in [0.1, 0.15) is 24.2 Å². The van der Waals surface area contributed by atoms with Crippen molar-refractivity contribution in [1.82, 2.24) is 14.8 Å². The fourth-order valence-electron chi connectivity index (χ4n) is 4.64. The minimum Gasteiger partial charge on any atom is -0.505 e. The fourth-order valence-corrected chi connectivity index (χ4v) is 4.64. The lowest BCUT2D eigenvalue weighted by molar-refractivity contribution is -0.142. The van der Waals surface area contributed by atoms with Gasteiger partial charge in [0, 0.05) is 16.5 Å². The molecule has 37 heavy (non-hydrogen) atoms. The molecule has 0 spiro atoms. The second-order valence-corrected chi connectivity index (χ2v) is 8.91. The number of fused-ring (bicyclic) bond motifs is 1. The molecule has 1 aliphatic rings. The summed E-state index contributed by atoms with van der Waals surface area (Å²) in [4.78, 5) is 19.7. The highest BCUT2D eigenvalue weighted by atomic mass is 16.5. The van der Waals surface area contributed by atoms with Crippen LogP contribution in [0.25, 0.3) is 26.9 Å². The van der Waals surface area contributed by atoms with Crippen molar-refractivity contribution >= 4 is 22.7 Å². The molecule has 0 bridgehead atoms. The van der Waals surface area contributed by atoms with Gasteiger partial charge in [0.25, 0.3) is 0 Å². The first-order chi connectivity index (χ1) is 18.1. The van der Waals surface area contributed by atoms with E-state index in [1.807, 2.05) is 36.4 Å². The summed E-state index contributed by atoms with van der Waals surface area (Å²) in [5, 5.41) is 5.95. The Kier molecular flexibility index (Phi) is 7.04. The number of nitrogens with zero attached hydrogens (tertiary/aromatic N) is 4. The lowest BCUT2D eigenvalue weighted by atomic mass is 9.93. The van der Waals surface area contributed by atoms with E-state index in [4.69, 9.17) is 25.9 Å². The van der Waals surface area contributed by atoms with E-state index in [-0.39, 0.29) is 24.8 Å². The average molecular weight is 497 g/mol. The molecule has 0 saturated heterocycles. The molecule has 2 aromatic carbocycles. The third-order valence-electron chi connectivity index (χ3n) is 6.69. The first kappa shape index (κ1) is 24.3. The largest absolute Gasteiger partial charge is 0.505 e. The smallest absolute Gasteiger partial charge is 0.312 e. The molecule has 2 aromatic heterocycles. The highest BCUT2D eigenvalue weighted by Crippen LogP contribution is 2.40. The van der Waals surface area contributed by atoms with E-state index in [0.29, 0.717) is 24.1 Å². The van der Waals surface area contributed by atoms with Crippen LogP contribution in [0.5, 0.6) is 11.5 Å². The van der Waals surface area contributed by atoms with Gasteiger partial charge in [0.2, 0.25) is 0 Å². The molecule has 5 rings (SSSR count). The maximum absolute atomic E-state index is 12.1. The summed E-state index contributed by atoms with van der Waals surface area (Å²) in [6.45, 7) is 9.82. The second kappa shape index (κ2) is 10.7. The van der Waals surface area contributed by atoms with Crippen molar-refractivity contribution in [3.63, 3.8) is 0 Å². The number of carbonyl (C=O) groups excluding carboxylic acids is 1. The number of methoxy groups -OCH3 is 1. The third kappa shape index (κ3) is 4.85. The standard InChI is InChI=1S/C29H28N4O4/c1-4-36-27(34)17-20-8-5-6-11-26(20)37-18-24-23-16-19(22-14-15-31-29(30-2)28(22)35-3)12-13-25(23)33(32-24)21-9-7-10-21/h5-6,8,11-16,21H,4,7,9-10,17-18H2,1,3H3. The van der Waals surface area contributed by atoms with Gasteiger partial charge in [0.15, 0.2) is 5.75 Å². The van der Waals surface area contributed by atoms with Gasteiger partial charge in [0.05, 0.1) is 31.7 Å². The van der Waals surface area contributed by atoms with Crippen molar-refractivity contribution in [2.24, 2.45) is 0 Å². The van der Waals surface area contributed by atoms with Crippen LogP contribution in [0.1, 0.15) is 43.5 Å². The summed E-state index contributed by atoms with van der Waals surface area (Å²) in [5.41, 5.74) is 4.35. The van der Waals surface area contributed by atoms with Gasteiger partial charge in [-0.3, -0.25) is 9.48 Å². The molecule has 0 N–H and O–H groups in total. The van der Waals surface area contributed by atoms with Gasteiger partial charge < -0.3 is 19.1 Å². The number of para-hydroxylation sites is 1. The van der Waals surface area contributed by atoms with Gasteiger partial charge in [-0.1, -0.05) is 30.8 Å². The quantitative estimate of drug-likeness (QED) is 0.207. The van der Waals surface area contributed by atoms with Gasteiger partial charge in [-0.2, -0.15) is 5.10 Å². The summed E-state index contributed by atoms with van der Waals surface area (Å²) in [7, 11) is 1.55. The number of aromatic nitrogens is 3. The predicted octanol–water partition coefficient (Wildman–Crippen LogP) is 6.07. The number of carbonyl (C=O) groups is 1. The number of esters is 1. The van der Waals surface area contributed by atoms with E-state index < -0.39 is 0 Å². The van der Waals surface area contributed by atoms with Crippen molar-refractivity contribution in [2.75, 3.05) is 13.7 Å². The molecule has 0 unspecified atom stereocenters. The number of rotatable bonds is 9. The molecule has 188 valence electrons. The minimum atomic E-state index is -0.284. The molecular formula is C29H28N4O4. The molecule has 4 aromatic rings. The number of hydrogen-bond acceptors (Lipinski definition) is 6. The lowest BCUT2D eigenvalue weighted by Gasteiger charge is -2.26. The number of hydrogen-bond donors (Lipinski definition) is 0. The summed E-state index contributed by atoms with van der Waals surface area (Å²) in [6.07, 6.45) is 5.18. The monoisotopic (exact) mass is 496 g/mol. The lowest BCUT2D eigenvalue weighted by Crippen LogP contribution is -2.18. The molecular weight excluding hydrogens is 468 g/mol. The SMILES string of the molecule is [C-]#[N+]c1nccc(-c2ccc3c(c2)c(COc2ccccc2CC(=O)OCC)nn3C2CCC2)c1OC. The predicted molar refractivity (Wildman–Crippen MR) is 140 cm³/mol. The van der Waals surface area contributed by atoms with E-state index in [1.54, 1.807) is 20.2 Å². The molecule has 0 aliphatic heterocycles. The molecule has 8 heteroatoms. The molecule has 0 amide bonds. The van der Waals surface area contributed by atoms with Crippen LogP contribution in [0.2, 0.25) is 0 Å². The topological polar surface area (TPSA) is 79.8 Å². The Bertz CT molecular complexity index is 1480. The molecule has 1 saturated carbocycles. The highest BCUT2D eigenvalue weighted by molar-refractivity contribution is 5.89. The first-order valence-electron chi connectivity index (χ1n) is 12.4. The van der Waals surface area contributed by atoms with E-state index in [0.717, 1.165) is 46.1 Å². The van der Waals surface area contributed by atoms with Crippen LogP contribution in [0.3, 0.4) is 0 Å². The van der Waals surface area contributed by atoms with Crippen LogP contribution in [0, 0.1) is 6.57 Å². The van der Waals surface area contributed by atoms with Crippen LogP contribution in [0.4, 0.5) is 5.82 Å². The van der Waals surface area contributed by atoms with Gasteiger partial charge >= 0.3 is 11.8 Å². The Morgan fingerprint density at radius 3 is 2.76 bits per heavy atom. The van der Waals surface area contributed by atoms with Crippen molar-refractivity contribution in [1.29, 1.82) is 0 Å². The van der Waals surface area contributed by atoms with Crippen molar-refractivity contribution in [3.8, 4) is 22.6 Å². The Hall–Kier alpha value is -4.38. The van der Waals surface area contributed by atoms with Crippen molar-refractivity contribution in [2.45, 2.75) is 45.3 Å². The molecule has 2 heterocycles. The van der Waals surface area contributed by atoms with Gasteiger partial charge in [-0.15, -0.1) is 4.98 Å². The van der Waals surface area contributed by atoms with Gasteiger partial charge in [-0.25, -0.2) is 0 Å². The van der Waals surface area contributed by atoms with Crippen LogP contribution < -0.4 is 9.47 Å². The Morgan fingerprint density at radius 1 is 1.19 bits per heavy atom. The maximum Gasteiger partial charge on any atom is 0.312 e. The van der Waals surface area contributed by atoms with E-state index in [1.165, 1.54) is 6.42 Å². The van der Waals surface area contributed by atoms with E-state index in [9.17, 15) is 4.79 Å². The highest BCUT2D eigenvalue weighted by Gasteiger charge is 2.25. The number of benzene rings is 2. The molecule has 8 nitrogen and oxygen atoms in total. The second-order valence-electron chi connectivity index (χ2n) is 8.91.